The van der Waals surface area contributed by atoms with Gasteiger partial charge in [0, 0.05) is 12.2 Å². The number of nitrogens with one attached hydrogen (secondary N) is 2. The molecule has 2 rings (SSSR count). The maximum atomic E-state index is 12.0. The summed E-state index contributed by atoms with van der Waals surface area (Å²) in [6, 6.07) is 0. The molecule has 0 aromatic carbocycles. The summed E-state index contributed by atoms with van der Waals surface area (Å²) in [7, 11) is -3.54. The summed E-state index contributed by atoms with van der Waals surface area (Å²) < 4.78 is 26.8. The van der Waals surface area contributed by atoms with Crippen LogP contribution in [0.15, 0.2) is 9.00 Å². The lowest BCUT2D eigenvalue weighted by molar-refractivity contribution is 0.499. The van der Waals surface area contributed by atoms with Crippen LogP contribution in [0, 0.1) is 18.8 Å². The van der Waals surface area contributed by atoms with E-state index in [9.17, 15) is 13.2 Å². The average molecular weight is 290 g/mol. The summed E-state index contributed by atoms with van der Waals surface area (Å²) >= 11 is 0.743. The highest BCUT2D eigenvalue weighted by Gasteiger charge is 2.25. The topological polar surface area (TPSA) is 79.0 Å². The monoisotopic (exact) mass is 290 g/mol. The molecule has 1 aromatic rings. The van der Waals surface area contributed by atoms with Gasteiger partial charge in [0.2, 0.25) is 0 Å². The fourth-order valence-electron chi connectivity index (χ4n) is 2.45. The van der Waals surface area contributed by atoms with Gasteiger partial charge in [0.1, 0.15) is 0 Å². The summed E-state index contributed by atoms with van der Waals surface area (Å²) in [6.45, 7) is 4.26. The van der Waals surface area contributed by atoms with Crippen LogP contribution in [0.25, 0.3) is 0 Å². The van der Waals surface area contributed by atoms with Gasteiger partial charge in [0.05, 0.1) is 0 Å². The standard InChI is InChI=1S/C11H18N2O3S2/c1-7-3-4-9(5-7)6-12-18(15,16)10-8(2)13-11(14)17-10/h7,9,12H,3-6H2,1-2H3,(H,13,14). The molecule has 0 aliphatic heterocycles. The van der Waals surface area contributed by atoms with Crippen molar-refractivity contribution in [3.63, 3.8) is 0 Å². The first-order valence-electron chi connectivity index (χ1n) is 6.08. The second-order valence-corrected chi connectivity index (χ2v) is 8.01. The first-order valence-corrected chi connectivity index (χ1v) is 8.38. The lowest BCUT2D eigenvalue weighted by Crippen LogP contribution is -2.28. The third-order valence-electron chi connectivity index (χ3n) is 3.39. The van der Waals surface area contributed by atoms with Gasteiger partial charge in [-0.2, -0.15) is 0 Å². The third kappa shape index (κ3) is 3.02. The lowest BCUT2D eigenvalue weighted by atomic mass is 10.1. The van der Waals surface area contributed by atoms with Crippen molar-refractivity contribution < 1.29 is 8.42 Å². The van der Waals surface area contributed by atoms with Crippen LogP contribution in [0.2, 0.25) is 0 Å². The maximum absolute atomic E-state index is 12.0. The van der Waals surface area contributed by atoms with Crippen LogP contribution in [0.5, 0.6) is 0 Å². The van der Waals surface area contributed by atoms with E-state index in [1.54, 1.807) is 6.92 Å². The van der Waals surface area contributed by atoms with E-state index in [4.69, 9.17) is 0 Å². The van der Waals surface area contributed by atoms with E-state index in [2.05, 4.69) is 16.6 Å². The van der Waals surface area contributed by atoms with Crippen molar-refractivity contribution in [1.29, 1.82) is 0 Å². The molecule has 0 saturated heterocycles. The fraction of sp³-hybridized carbons (Fsp3) is 0.727. The van der Waals surface area contributed by atoms with Gasteiger partial charge in [-0.3, -0.25) is 4.79 Å². The molecular formula is C11H18N2O3S2. The normalized spacial score (nSPS) is 24.6. The molecule has 1 aliphatic rings. The van der Waals surface area contributed by atoms with E-state index in [0.717, 1.165) is 24.2 Å². The van der Waals surface area contributed by atoms with Gasteiger partial charge >= 0.3 is 4.87 Å². The minimum Gasteiger partial charge on any atom is -0.315 e. The molecule has 5 nitrogen and oxygen atoms in total. The van der Waals surface area contributed by atoms with Gasteiger partial charge in [0.25, 0.3) is 10.0 Å². The Kier molecular flexibility index (Phi) is 3.93. The molecule has 1 fully saturated rings. The minimum absolute atomic E-state index is 0.110. The molecule has 0 radical (unpaired) electrons. The molecule has 1 heterocycles. The minimum atomic E-state index is -3.54. The van der Waals surface area contributed by atoms with Crippen molar-refractivity contribution in [1.82, 2.24) is 9.71 Å². The molecule has 1 aromatic heterocycles. The molecule has 18 heavy (non-hydrogen) atoms. The number of thiazole rings is 1. The van der Waals surface area contributed by atoms with Crippen LogP contribution in [-0.2, 0) is 10.0 Å². The second kappa shape index (κ2) is 5.14. The van der Waals surface area contributed by atoms with Crippen molar-refractivity contribution in [2.45, 2.75) is 37.3 Å². The van der Waals surface area contributed by atoms with Crippen LogP contribution in [0.4, 0.5) is 0 Å². The molecule has 102 valence electrons. The molecule has 2 atom stereocenters. The van der Waals surface area contributed by atoms with Gasteiger partial charge in [0.15, 0.2) is 4.21 Å². The third-order valence-corrected chi connectivity index (χ3v) is 6.42. The van der Waals surface area contributed by atoms with E-state index < -0.39 is 10.0 Å². The van der Waals surface area contributed by atoms with Gasteiger partial charge in [-0.15, -0.1) is 0 Å². The summed E-state index contributed by atoms with van der Waals surface area (Å²) in [5, 5.41) is 0. The van der Waals surface area contributed by atoms with Crippen LogP contribution < -0.4 is 9.60 Å². The Hall–Kier alpha value is -0.660. The molecule has 7 heteroatoms. The molecule has 0 spiro atoms. The number of aromatic amines is 1. The number of sulfonamides is 1. The molecule has 0 bridgehead atoms. The van der Waals surface area contributed by atoms with E-state index >= 15 is 0 Å². The number of H-pyrrole nitrogens is 1. The first kappa shape index (κ1) is 13.8. The SMILES string of the molecule is Cc1[nH]c(=O)sc1S(=O)(=O)NCC1CCC(C)C1. The summed E-state index contributed by atoms with van der Waals surface area (Å²) in [5.74, 6) is 1.11. The van der Waals surface area contributed by atoms with Gasteiger partial charge in [-0.1, -0.05) is 24.7 Å². The predicted octanol–water partition coefficient (Wildman–Crippen LogP) is 1.46. The smallest absolute Gasteiger partial charge is 0.305 e. The predicted molar refractivity (Wildman–Crippen MR) is 71.4 cm³/mol. The van der Waals surface area contributed by atoms with Crippen molar-refractivity contribution >= 4 is 21.4 Å². The largest absolute Gasteiger partial charge is 0.315 e. The van der Waals surface area contributed by atoms with Crippen molar-refractivity contribution in [3.05, 3.63) is 15.4 Å². The van der Waals surface area contributed by atoms with Crippen molar-refractivity contribution in [2.24, 2.45) is 11.8 Å². The Bertz CT molecular complexity index is 573. The van der Waals surface area contributed by atoms with Gasteiger partial charge in [-0.25, -0.2) is 13.1 Å². The molecule has 0 amide bonds. The molecule has 1 aliphatic carbocycles. The zero-order valence-electron chi connectivity index (χ0n) is 10.5. The van der Waals surface area contributed by atoms with Crippen LogP contribution in [-0.4, -0.2) is 19.9 Å². The number of aryl methyl sites for hydroxylation is 1. The van der Waals surface area contributed by atoms with Crippen LogP contribution in [0.3, 0.4) is 0 Å². The lowest BCUT2D eigenvalue weighted by Gasteiger charge is -2.10. The summed E-state index contributed by atoms with van der Waals surface area (Å²) in [4.78, 5) is 13.3. The van der Waals surface area contributed by atoms with E-state index in [1.165, 1.54) is 6.42 Å². The quantitative estimate of drug-likeness (QED) is 0.881. The molecule has 2 unspecified atom stereocenters. The maximum Gasteiger partial charge on any atom is 0.305 e. The number of hydrogen-bond donors (Lipinski definition) is 2. The van der Waals surface area contributed by atoms with Crippen molar-refractivity contribution in [3.8, 4) is 0 Å². The summed E-state index contributed by atoms with van der Waals surface area (Å²) in [5.41, 5.74) is 0.414. The van der Waals surface area contributed by atoms with E-state index in [0.29, 0.717) is 24.1 Å². The van der Waals surface area contributed by atoms with Crippen LogP contribution >= 0.6 is 11.3 Å². The number of rotatable bonds is 4. The highest BCUT2D eigenvalue weighted by atomic mass is 32.2. The van der Waals surface area contributed by atoms with Crippen molar-refractivity contribution in [2.75, 3.05) is 6.54 Å². The molecule has 2 N–H and O–H groups in total. The second-order valence-electron chi connectivity index (χ2n) is 5.06. The Morgan fingerprint density at radius 2 is 2.17 bits per heavy atom. The van der Waals surface area contributed by atoms with Crippen LogP contribution in [0.1, 0.15) is 31.9 Å². The Labute approximate surface area is 111 Å². The highest BCUT2D eigenvalue weighted by molar-refractivity contribution is 7.91. The zero-order chi connectivity index (χ0) is 13.3. The average Bonchev–Trinajstić information content (AvgIpc) is 2.82. The number of aromatic nitrogens is 1. The van der Waals surface area contributed by atoms with E-state index in [-0.39, 0.29) is 9.08 Å². The first-order chi connectivity index (χ1) is 8.38. The zero-order valence-corrected chi connectivity index (χ0v) is 12.2. The van der Waals surface area contributed by atoms with Gasteiger partial charge < -0.3 is 4.98 Å². The highest BCUT2D eigenvalue weighted by Crippen LogP contribution is 2.30. The number of hydrogen-bond acceptors (Lipinski definition) is 4. The van der Waals surface area contributed by atoms with Gasteiger partial charge in [-0.05, 0) is 31.6 Å². The Morgan fingerprint density at radius 1 is 1.44 bits per heavy atom. The Balaban J connectivity index is 2.04. The van der Waals surface area contributed by atoms with E-state index in [1.807, 2.05) is 0 Å². The molecule has 1 saturated carbocycles. The molecular weight excluding hydrogens is 272 g/mol. The fourth-order valence-corrected chi connectivity index (χ4v) is 4.91. The Morgan fingerprint density at radius 3 is 2.67 bits per heavy atom. The summed E-state index contributed by atoms with van der Waals surface area (Å²) in [6.07, 6.45) is 3.32.